The minimum absolute atomic E-state index is 0.0633. The fourth-order valence-electron chi connectivity index (χ4n) is 3.83. The molecular weight excluding hydrogens is 448 g/mol. The zero-order valence-corrected chi connectivity index (χ0v) is 18.5. The van der Waals surface area contributed by atoms with Gasteiger partial charge in [0.25, 0.3) is 0 Å². The maximum absolute atomic E-state index is 13.6. The molecule has 5 nitrogen and oxygen atoms in total. The van der Waals surface area contributed by atoms with Crippen molar-refractivity contribution in [2.75, 3.05) is 38.6 Å². The van der Waals surface area contributed by atoms with E-state index in [9.17, 15) is 22.4 Å². The number of anilines is 1. The lowest BCUT2D eigenvalue weighted by Gasteiger charge is -2.33. The smallest absolute Gasteiger partial charge is 0.355 e. The molecule has 2 heterocycles. The SMILES string of the molecule is CN(C)[C@H](CNC(=O)C1CCN(c2ncc(C(F)(F)F)cc2Cl)CC1)c1cccc(F)c1. The van der Waals surface area contributed by atoms with Gasteiger partial charge in [-0.05, 0) is 50.7 Å². The number of likely N-dealkylation sites (N-methyl/N-ethyl adjacent to an activating group) is 1. The van der Waals surface area contributed by atoms with Crippen LogP contribution in [0.1, 0.15) is 30.0 Å². The van der Waals surface area contributed by atoms with Gasteiger partial charge in [-0.15, -0.1) is 0 Å². The fourth-order valence-corrected chi connectivity index (χ4v) is 4.11. The molecule has 3 rings (SSSR count). The summed E-state index contributed by atoms with van der Waals surface area (Å²) >= 11 is 6.04. The van der Waals surface area contributed by atoms with Crippen LogP contribution in [0.4, 0.5) is 23.4 Å². The Balaban J connectivity index is 1.56. The van der Waals surface area contributed by atoms with Crippen molar-refractivity contribution in [3.63, 3.8) is 0 Å². The molecular formula is C22H25ClF4N4O. The van der Waals surface area contributed by atoms with Crippen molar-refractivity contribution in [3.05, 3.63) is 58.5 Å². The molecule has 1 N–H and O–H groups in total. The van der Waals surface area contributed by atoms with E-state index in [0.29, 0.717) is 32.5 Å². The molecule has 0 aliphatic carbocycles. The quantitative estimate of drug-likeness (QED) is 0.628. The summed E-state index contributed by atoms with van der Waals surface area (Å²) in [7, 11) is 3.72. The molecule has 1 aliphatic rings. The van der Waals surface area contributed by atoms with Crippen LogP contribution in [0.2, 0.25) is 5.02 Å². The molecule has 0 radical (unpaired) electrons. The summed E-state index contributed by atoms with van der Waals surface area (Å²) in [6.07, 6.45) is -2.68. The maximum atomic E-state index is 13.6. The van der Waals surface area contributed by atoms with Crippen molar-refractivity contribution >= 4 is 23.3 Å². The van der Waals surface area contributed by atoms with Gasteiger partial charge < -0.3 is 15.1 Å². The monoisotopic (exact) mass is 472 g/mol. The summed E-state index contributed by atoms with van der Waals surface area (Å²) in [4.78, 5) is 20.3. The highest BCUT2D eigenvalue weighted by atomic mass is 35.5. The lowest BCUT2D eigenvalue weighted by Crippen LogP contribution is -2.43. The first-order valence-electron chi connectivity index (χ1n) is 10.2. The van der Waals surface area contributed by atoms with E-state index in [4.69, 9.17) is 11.6 Å². The number of pyridine rings is 1. The van der Waals surface area contributed by atoms with Crippen LogP contribution >= 0.6 is 11.6 Å². The highest BCUT2D eigenvalue weighted by molar-refractivity contribution is 6.33. The Labute approximate surface area is 189 Å². The predicted octanol–water partition coefficient (Wildman–Crippen LogP) is 4.53. The Morgan fingerprint density at radius 2 is 1.97 bits per heavy atom. The van der Waals surface area contributed by atoms with E-state index in [-0.39, 0.29) is 34.5 Å². The van der Waals surface area contributed by atoms with Gasteiger partial charge in [0.2, 0.25) is 5.91 Å². The van der Waals surface area contributed by atoms with Gasteiger partial charge in [0.15, 0.2) is 0 Å². The number of rotatable bonds is 6. The number of alkyl halides is 3. The summed E-state index contributed by atoms with van der Waals surface area (Å²) in [6, 6.07) is 6.98. The second-order valence-electron chi connectivity index (χ2n) is 8.07. The van der Waals surface area contributed by atoms with Crippen LogP contribution < -0.4 is 10.2 Å². The van der Waals surface area contributed by atoms with Crippen molar-refractivity contribution in [2.45, 2.75) is 25.1 Å². The number of carbonyl (C=O) groups excluding carboxylic acids is 1. The third-order valence-electron chi connectivity index (χ3n) is 5.64. The Bertz CT molecular complexity index is 946. The van der Waals surface area contributed by atoms with Crippen LogP contribution in [0.5, 0.6) is 0 Å². The van der Waals surface area contributed by atoms with E-state index in [0.717, 1.165) is 17.8 Å². The van der Waals surface area contributed by atoms with Crippen LogP contribution in [0, 0.1) is 11.7 Å². The first-order valence-corrected chi connectivity index (χ1v) is 10.6. The Kier molecular flexibility index (Phi) is 7.61. The van der Waals surface area contributed by atoms with Crippen LogP contribution in [-0.4, -0.2) is 49.5 Å². The van der Waals surface area contributed by atoms with Gasteiger partial charge in [-0.1, -0.05) is 23.7 Å². The van der Waals surface area contributed by atoms with Crippen LogP contribution in [0.15, 0.2) is 36.5 Å². The largest absolute Gasteiger partial charge is 0.417 e. The third-order valence-corrected chi connectivity index (χ3v) is 5.92. The van der Waals surface area contributed by atoms with Crippen LogP contribution in [0.3, 0.4) is 0 Å². The average Bonchev–Trinajstić information content (AvgIpc) is 2.73. The summed E-state index contributed by atoms with van der Waals surface area (Å²) in [6.45, 7) is 1.25. The van der Waals surface area contributed by atoms with Gasteiger partial charge in [0.1, 0.15) is 11.6 Å². The van der Waals surface area contributed by atoms with Crippen molar-refractivity contribution in [3.8, 4) is 0 Å². The lowest BCUT2D eigenvalue weighted by molar-refractivity contribution is -0.137. The van der Waals surface area contributed by atoms with Gasteiger partial charge >= 0.3 is 6.18 Å². The molecule has 0 unspecified atom stereocenters. The van der Waals surface area contributed by atoms with E-state index in [2.05, 4.69) is 10.3 Å². The highest BCUT2D eigenvalue weighted by Gasteiger charge is 2.33. The maximum Gasteiger partial charge on any atom is 0.417 e. The topological polar surface area (TPSA) is 48.5 Å². The predicted molar refractivity (Wildman–Crippen MR) is 115 cm³/mol. The first kappa shape index (κ1) is 24.3. The molecule has 1 aromatic heterocycles. The van der Waals surface area contributed by atoms with Crippen molar-refractivity contribution < 1.29 is 22.4 Å². The van der Waals surface area contributed by atoms with Gasteiger partial charge in [-0.2, -0.15) is 13.2 Å². The number of piperidine rings is 1. The van der Waals surface area contributed by atoms with Crippen LogP contribution in [0.25, 0.3) is 0 Å². The summed E-state index contributed by atoms with van der Waals surface area (Å²) in [5.74, 6) is -0.366. The molecule has 1 atom stereocenters. The van der Waals surface area contributed by atoms with Gasteiger partial charge in [0.05, 0.1) is 16.6 Å². The number of nitrogens with zero attached hydrogens (tertiary/aromatic N) is 3. The molecule has 174 valence electrons. The molecule has 1 aromatic carbocycles. The number of halogens is 5. The Morgan fingerprint density at radius 3 is 2.53 bits per heavy atom. The Morgan fingerprint density at radius 1 is 1.28 bits per heavy atom. The number of hydrogen-bond donors (Lipinski definition) is 1. The van der Waals surface area contributed by atoms with E-state index in [1.165, 1.54) is 12.1 Å². The zero-order chi connectivity index (χ0) is 23.5. The molecule has 1 amide bonds. The van der Waals surface area contributed by atoms with Gasteiger partial charge in [-0.25, -0.2) is 9.37 Å². The van der Waals surface area contributed by atoms with E-state index < -0.39 is 11.7 Å². The molecule has 1 aliphatic heterocycles. The van der Waals surface area contributed by atoms with Crippen molar-refractivity contribution in [1.82, 2.24) is 15.2 Å². The molecule has 32 heavy (non-hydrogen) atoms. The van der Waals surface area contributed by atoms with Crippen molar-refractivity contribution in [1.29, 1.82) is 0 Å². The summed E-state index contributed by atoms with van der Waals surface area (Å²) in [5, 5.41) is 2.89. The number of hydrogen-bond acceptors (Lipinski definition) is 4. The van der Waals surface area contributed by atoms with E-state index in [1.54, 1.807) is 11.0 Å². The van der Waals surface area contributed by atoms with Crippen molar-refractivity contribution in [2.24, 2.45) is 5.92 Å². The molecule has 1 saturated heterocycles. The van der Waals surface area contributed by atoms with Crippen LogP contribution in [-0.2, 0) is 11.0 Å². The minimum Gasteiger partial charge on any atom is -0.355 e. The van der Waals surface area contributed by atoms with Gasteiger partial charge in [-0.3, -0.25) is 4.79 Å². The third kappa shape index (κ3) is 5.89. The van der Waals surface area contributed by atoms with E-state index >= 15 is 0 Å². The molecule has 0 saturated carbocycles. The Hall–Kier alpha value is -2.39. The average molecular weight is 473 g/mol. The standard InChI is InChI=1S/C22H25ClF4N4O/c1-30(2)19(15-4-3-5-17(24)10-15)13-29-21(32)14-6-8-31(9-7-14)20-18(23)11-16(12-28-20)22(25,26)27/h3-5,10-12,14,19H,6-9,13H2,1-2H3,(H,29,32)/t19-/m1/s1. The minimum atomic E-state index is -4.50. The van der Waals surface area contributed by atoms with Gasteiger partial charge in [0, 0.05) is 31.7 Å². The molecule has 0 bridgehead atoms. The normalized spacial score (nSPS) is 16.3. The molecule has 10 heteroatoms. The molecule has 2 aromatic rings. The second-order valence-corrected chi connectivity index (χ2v) is 8.48. The number of amides is 1. The number of aromatic nitrogens is 1. The zero-order valence-electron chi connectivity index (χ0n) is 17.8. The molecule has 0 spiro atoms. The number of benzene rings is 1. The summed E-state index contributed by atoms with van der Waals surface area (Å²) in [5.41, 5.74) is -0.123. The summed E-state index contributed by atoms with van der Waals surface area (Å²) < 4.78 is 52.0. The number of nitrogens with one attached hydrogen (secondary N) is 1. The highest BCUT2D eigenvalue weighted by Crippen LogP contribution is 2.34. The number of carbonyl (C=O) groups is 1. The second kappa shape index (κ2) is 10.0. The fraction of sp³-hybridized carbons (Fsp3) is 0.455. The molecule has 1 fully saturated rings. The van der Waals surface area contributed by atoms with E-state index in [1.807, 2.05) is 25.1 Å². The lowest BCUT2D eigenvalue weighted by atomic mass is 9.95. The first-order chi connectivity index (χ1) is 15.1.